The molecule has 2 amide bonds. The van der Waals surface area contributed by atoms with Gasteiger partial charge in [0.2, 0.25) is 5.91 Å². The van der Waals surface area contributed by atoms with Crippen LogP contribution in [0.1, 0.15) is 53.2 Å². The first-order valence-electron chi connectivity index (χ1n) is 9.81. The van der Waals surface area contributed by atoms with Crippen molar-refractivity contribution in [2.24, 2.45) is 5.92 Å². The Balaban J connectivity index is 1.36. The fraction of sp³-hybridized carbons (Fsp3) is 0.476. The van der Waals surface area contributed by atoms with Crippen LogP contribution in [-0.2, 0) is 10.5 Å². The summed E-state index contributed by atoms with van der Waals surface area (Å²) in [6.45, 7) is 2.92. The first kappa shape index (κ1) is 20.9. The van der Waals surface area contributed by atoms with Gasteiger partial charge in [-0.1, -0.05) is 19.3 Å². The minimum Gasteiger partial charge on any atom is -0.354 e. The third-order valence-corrected chi connectivity index (χ3v) is 6.72. The summed E-state index contributed by atoms with van der Waals surface area (Å²) in [6, 6.07) is 7.60. The first-order chi connectivity index (χ1) is 13.6. The number of aryl methyl sites for hydroxylation is 1. The van der Waals surface area contributed by atoms with Gasteiger partial charge in [-0.05, 0) is 44.0 Å². The second-order valence-electron chi connectivity index (χ2n) is 7.05. The SMILES string of the molecule is Cc1nc(CSc2ccc(C(=O)NCCNC(=O)C3CCCCC3)cc2)cs1. The van der Waals surface area contributed by atoms with Gasteiger partial charge in [0, 0.05) is 40.6 Å². The molecule has 0 saturated heterocycles. The van der Waals surface area contributed by atoms with Gasteiger partial charge in [0.15, 0.2) is 0 Å². The topological polar surface area (TPSA) is 71.1 Å². The van der Waals surface area contributed by atoms with Crippen LogP contribution in [0.3, 0.4) is 0 Å². The van der Waals surface area contributed by atoms with E-state index in [0.717, 1.165) is 47.0 Å². The molecule has 2 aromatic rings. The van der Waals surface area contributed by atoms with E-state index in [-0.39, 0.29) is 17.7 Å². The Morgan fingerprint density at radius 3 is 2.50 bits per heavy atom. The molecule has 2 N–H and O–H groups in total. The Morgan fingerprint density at radius 2 is 1.82 bits per heavy atom. The lowest BCUT2D eigenvalue weighted by Crippen LogP contribution is -2.38. The van der Waals surface area contributed by atoms with Crippen molar-refractivity contribution >= 4 is 34.9 Å². The molecular formula is C21H27N3O2S2. The number of thiazole rings is 1. The Hall–Kier alpha value is -1.86. The third kappa shape index (κ3) is 6.34. The lowest BCUT2D eigenvalue weighted by atomic mass is 9.89. The average molecular weight is 418 g/mol. The fourth-order valence-electron chi connectivity index (χ4n) is 3.31. The predicted octanol–water partition coefficient (Wildman–Crippen LogP) is 4.17. The fourth-order valence-corrected chi connectivity index (χ4v) is 4.82. The molecule has 0 spiro atoms. The molecule has 1 aromatic carbocycles. The maximum absolute atomic E-state index is 12.2. The Labute approximate surface area is 174 Å². The standard InChI is InChI=1S/C21H27N3O2S2/c1-15-24-18(13-27-15)14-28-19-9-7-17(8-10-19)21(26)23-12-11-22-20(25)16-5-3-2-4-6-16/h7-10,13,16H,2-6,11-12,14H2,1H3,(H,22,25)(H,23,26). The number of benzene rings is 1. The molecule has 1 aliphatic carbocycles. The van der Waals surface area contributed by atoms with E-state index in [2.05, 4.69) is 21.0 Å². The van der Waals surface area contributed by atoms with E-state index in [4.69, 9.17) is 0 Å². The zero-order valence-electron chi connectivity index (χ0n) is 16.2. The molecule has 1 heterocycles. The monoisotopic (exact) mass is 417 g/mol. The van der Waals surface area contributed by atoms with Crippen molar-refractivity contribution in [3.8, 4) is 0 Å². The van der Waals surface area contributed by atoms with Gasteiger partial charge in [-0.25, -0.2) is 4.98 Å². The van der Waals surface area contributed by atoms with E-state index in [1.807, 2.05) is 31.2 Å². The van der Waals surface area contributed by atoms with Crippen LogP contribution in [0.25, 0.3) is 0 Å². The van der Waals surface area contributed by atoms with Crippen molar-refractivity contribution in [3.63, 3.8) is 0 Å². The van der Waals surface area contributed by atoms with Crippen LogP contribution < -0.4 is 10.6 Å². The van der Waals surface area contributed by atoms with Crippen LogP contribution in [0.5, 0.6) is 0 Å². The number of hydrogen-bond acceptors (Lipinski definition) is 5. The summed E-state index contributed by atoms with van der Waals surface area (Å²) in [5.74, 6) is 1.00. The number of nitrogens with zero attached hydrogens (tertiary/aromatic N) is 1. The van der Waals surface area contributed by atoms with Crippen molar-refractivity contribution in [3.05, 3.63) is 45.9 Å². The summed E-state index contributed by atoms with van der Waals surface area (Å²) in [7, 11) is 0. The largest absolute Gasteiger partial charge is 0.354 e. The summed E-state index contributed by atoms with van der Waals surface area (Å²) < 4.78 is 0. The number of amides is 2. The van der Waals surface area contributed by atoms with E-state index >= 15 is 0 Å². The van der Waals surface area contributed by atoms with E-state index in [9.17, 15) is 9.59 Å². The molecule has 3 rings (SSSR count). The van der Waals surface area contributed by atoms with Crippen LogP contribution >= 0.6 is 23.1 Å². The summed E-state index contributed by atoms with van der Waals surface area (Å²) in [6.07, 6.45) is 5.51. The highest BCUT2D eigenvalue weighted by Crippen LogP contribution is 2.24. The van der Waals surface area contributed by atoms with Gasteiger partial charge in [-0.2, -0.15) is 0 Å². The Morgan fingerprint density at radius 1 is 1.11 bits per heavy atom. The molecule has 1 aliphatic rings. The quantitative estimate of drug-likeness (QED) is 0.499. The van der Waals surface area contributed by atoms with E-state index in [1.165, 1.54) is 6.42 Å². The van der Waals surface area contributed by atoms with Crippen molar-refractivity contribution in [1.29, 1.82) is 0 Å². The maximum Gasteiger partial charge on any atom is 0.251 e. The molecule has 0 atom stereocenters. The molecule has 7 heteroatoms. The molecule has 1 aromatic heterocycles. The van der Waals surface area contributed by atoms with Crippen LogP contribution in [0.2, 0.25) is 0 Å². The van der Waals surface area contributed by atoms with E-state index < -0.39 is 0 Å². The average Bonchev–Trinajstić information content (AvgIpc) is 3.15. The molecule has 0 unspecified atom stereocenters. The van der Waals surface area contributed by atoms with Gasteiger partial charge in [0.25, 0.3) is 5.91 Å². The molecule has 28 heavy (non-hydrogen) atoms. The highest BCUT2D eigenvalue weighted by atomic mass is 32.2. The van der Waals surface area contributed by atoms with Crippen molar-refractivity contribution < 1.29 is 9.59 Å². The summed E-state index contributed by atoms with van der Waals surface area (Å²) >= 11 is 3.37. The van der Waals surface area contributed by atoms with Crippen molar-refractivity contribution in [2.75, 3.05) is 13.1 Å². The van der Waals surface area contributed by atoms with Crippen molar-refractivity contribution in [2.45, 2.75) is 49.7 Å². The van der Waals surface area contributed by atoms with Crippen LogP contribution in [-0.4, -0.2) is 29.9 Å². The molecule has 5 nitrogen and oxygen atoms in total. The van der Waals surface area contributed by atoms with Gasteiger partial charge < -0.3 is 10.6 Å². The van der Waals surface area contributed by atoms with Gasteiger partial charge >= 0.3 is 0 Å². The Kier molecular flexibility index (Phi) is 7.91. The molecule has 150 valence electrons. The van der Waals surface area contributed by atoms with Gasteiger partial charge in [0.1, 0.15) is 0 Å². The third-order valence-electron chi connectivity index (χ3n) is 4.86. The van der Waals surface area contributed by atoms with E-state index in [0.29, 0.717) is 18.7 Å². The number of rotatable bonds is 8. The smallest absolute Gasteiger partial charge is 0.251 e. The van der Waals surface area contributed by atoms with Crippen LogP contribution in [0.15, 0.2) is 34.5 Å². The summed E-state index contributed by atoms with van der Waals surface area (Å²) in [5.41, 5.74) is 1.72. The van der Waals surface area contributed by atoms with E-state index in [1.54, 1.807) is 23.1 Å². The molecule has 0 radical (unpaired) electrons. The second-order valence-corrected chi connectivity index (χ2v) is 9.16. The second kappa shape index (κ2) is 10.6. The first-order valence-corrected chi connectivity index (χ1v) is 11.7. The molecular weight excluding hydrogens is 390 g/mol. The van der Waals surface area contributed by atoms with Crippen LogP contribution in [0.4, 0.5) is 0 Å². The Bertz CT molecular complexity index is 783. The minimum atomic E-state index is -0.112. The number of hydrogen-bond donors (Lipinski definition) is 2. The molecule has 1 fully saturated rings. The lowest BCUT2D eigenvalue weighted by molar-refractivity contribution is -0.125. The maximum atomic E-state index is 12.2. The summed E-state index contributed by atoms with van der Waals surface area (Å²) in [5, 5.41) is 8.97. The number of nitrogens with one attached hydrogen (secondary N) is 2. The molecule has 0 bridgehead atoms. The summed E-state index contributed by atoms with van der Waals surface area (Å²) in [4.78, 5) is 29.9. The zero-order valence-corrected chi connectivity index (χ0v) is 17.8. The van der Waals surface area contributed by atoms with Gasteiger partial charge in [-0.15, -0.1) is 23.1 Å². The highest BCUT2D eigenvalue weighted by molar-refractivity contribution is 7.98. The van der Waals surface area contributed by atoms with Gasteiger partial charge in [-0.3, -0.25) is 9.59 Å². The lowest BCUT2D eigenvalue weighted by Gasteiger charge is -2.20. The highest BCUT2D eigenvalue weighted by Gasteiger charge is 2.20. The molecule has 0 aliphatic heterocycles. The predicted molar refractivity (Wildman–Crippen MR) is 115 cm³/mol. The van der Waals surface area contributed by atoms with Crippen molar-refractivity contribution in [1.82, 2.24) is 15.6 Å². The molecule has 1 saturated carbocycles. The number of carbonyl (C=O) groups excluding carboxylic acids is 2. The van der Waals surface area contributed by atoms with Crippen LogP contribution in [0, 0.1) is 12.8 Å². The van der Waals surface area contributed by atoms with Gasteiger partial charge in [0.05, 0.1) is 10.7 Å². The normalized spacial score (nSPS) is 14.6. The number of aromatic nitrogens is 1. The number of thioether (sulfide) groups is 1. The number of carbonyl (C=O) groups is 2. The zero-order chi connectivity index (χ0) is 19.8. The minimum absolute atomic E-state index is 0.112.